The topological polar surface area (TPSA) is 32.3 Å². The Hall–Kier alpha value is -1.92. The molecule has 0 amide bonds. The van der Waals surface area contributed by atoms with Crippen molar-refractivity contribution in [2.24, 2.45) is 0 Å². The Morgan fingerprint density at radius 2 is 1.52 bits per heavy atom. The first-order chi connectivity index (χ1) is 9.97. The predicted molar refractivity (Wildman–Crippen MR) is 69.4 cm³/mol. The van der Waals surface area contributed by atoms with E-state index < -0.39 is 29.4 Å². The van der Waals surface area contributed by atoms with Crippen molar-refractivity contribution in [1.82, 2.24) is 5.32 Å². The van der Waals surface area contributed by atoms with Crippen LogP contribution in [0.5, 0.6) is 0 Å². The number of halogens is 4. The molecule has 0 aliphatic carbocycles. The third-order valence-corrected chi connectivity index (χ3v) is 2.98. The van der Waals surface area contributed by atoms with Gasteiger partial charge in [-0.3, -0.25) is 0 Å². The van der Waals surface area contributed by atoms with Crippen molar-refractivity contribution in [3.8, 4) is 0 Å². The van der Waals surface area contributed by atoms with E-state index in [1.54, 1.807) is 0 Å². The van der Waals surface area contributed by atoms with Crippen LogP contribution in [0.3, 0.4) is 0 Å². The molecule has 0 saturated heterocycles. The maximum absolute atomic E-state index is 13.4. The van der Waals surface area contributed by atoms with Gasteiger partial charge in [-0.2, -0.15) is 0 Å². The van der Waals surface area contributed by atoms with Crippen LogP contribution in [0, 0.1) is 23.3 Å². The first-order valence-electron chi connectivity index (χ1n) is 6.25. The minimum absolute atomic E-state index is 0.0441. The summed E-state index contributed by atoms with van der Waals surface area (Å²) in [5.74, 6) is -2.57. The summed E-state index contributed by atoms with van der Waals surface area (Å²) < 4.78 is 52.7. The molecular formula is C15H13F4NO. The molecule has 2 rings (SSSR count). The average molecular weight is 299 g/mol. The zero-order valence-electron chi connectivity index (χ0n) is 10.9. The number of rotatable bonds is 5. The smallest absolute Gasteiger partial charge is 0.129 e. The van der Waals surface area contributed by atoms with Crippen molar-refractivity contribution >= 4 is 0 Å². The number of benzene rings is 2. The molecule has 21 heavy (non-hydrogen) atoms. The highest BCUT2D eigenvalue weighted by Gasteiger charge is 2.14. The zero-order valence-corrected chi connectivity index (χ0v) is 10.9. The molecule has 0 fully saturated rings. The van der Waals surface area contributed by atoms with E-state index in [1.807, 2.05) is 0 Å². The van der Waals surface area contributed by atoms with Gasteiger partial charge >= 0.3 is 0 Å². The quantitative estimate of drug-likeness (QED) is 0.832. The molecule has 0 aliphatic heterocycles. The third kappa shape index (κ3) is 4.03. The van der Waals surface area contributed by atoms with Gasteiger partial charge in [-0.05, 0) is 36.4 Å². The van der Waals surface area contributed by atoms with Gasteiger partial charge in [0.15, 0.2) is 0 Å². The Kier molecular flexibility index (Phi) is 4.93. The van der Waals surface area contributed by atoms with Gasteiger partial charge in [0.25, 0.3) is 0 Å². The van der Waals surface area contributed by atoms with Crippen molar-refractivity contribution in [3.63, 3.8) is 0 Å². The first kappa shape index (κ1) is 15.5. The number of aliphatic hydroxyl groups excluding tert-OH is 1. The first-order valence-corrected chi connectivity index (χ1v) is 6.25. The van der Waals surface area contributed by atoms with Gasteiger partial charge in [0.1, 0.15) is 23.3 Å². The summed E-state index contributed by atoms with van der Waals surface area (Å²) in [6, 6.07) is 5.77. The van der Waals surface area contributed by atoms with Crippen LogP contribution in [0.2, 0.25) is 0 Å². The van der Waals surface area contributed by atoms with Gasteiger partial charge in [-0.15, -0.1) is 0 Å². The van der Waals surface area contributed by atoms with Gasteiger partial charge in [-0.1, -0.05) is 0 Å². The SMILES string of the molecule is OC(CNCc1cc(F)ccc1F)c1cc(F)ccc1F. The maximum Gasteiger partial charge on any atom is 0.129 e. The summed E-state index contributed by atoms with van der Waals surface area (Å²) in [6.45, 7) is -0.173. The normalized spacial score (nSPS) is 12.4. The molecule has 0 radical (unpaired) electrons. The second-order valence-corrected chi connectivity index (χ2v) is 4.55. The van der Waals surface area contributed by atoms with Crippen molar-refractivity contribution in [2.45, 2.75) is 12.6 Å². The monoisotopic (exact) mass is 299 g/mol. The molecule has 112 valence electrons. The molecule has 0 saturated carbocycles. The van der Waals surface area contributed by atoms with Crippen LogP contribution in [-0.4, -0.2) is 11.7 Å². The lowest BCUT2D eigenvalue weighted by Crippen LogP contribution is -2.22. The lowest BCUT2D eigenvalue weighted by atomic mass is 10.1. The van der Waals surface area contributed by atoms with Gasteiger partial charge in [0, 0.05) is 24.2 Å². The summed E-state index contributed by atoms with van der Waals surface area (Å²) in [4.78, 5) is 0. The molecule has 0 heterocycles. The van der Waals surface area contributed by atoms with Crippen LogP contribution >= 0.6 is 0 Å². The van der Waals surface area contributed by atoms with Crippen molar-refractivity contribution in [1.29, 1.82) is 0 Å². The lowest BCUT2D eigenvalue weighted by Gasteiger charge is -2.13. The summed E-state index contributed by atoms with van der Waals surface area (Å²) >= 11 is 0. The number of nitrogens with one attached hydrogen (secondary N) is 1. The third-order valence-electron chi connectivity index (χ3n) is 2.98. The van der Waals surface area contributed by atoms with Crippen LogP contribution in [0.1, 0.15) is 17.2 Å². The Morgan fingerprint density at radius 1 is 0.905 bits per heavy atom. The van der Waals surface area contributed by atoms with Crippen molar-refractivity contribution in [2.75, 3.05) is 6.54 Å². The highest BCUT2D eigenvalue weighted by molar-refractivity contribution is 5.22. The Balaban J connectivity index is 1.96. The standard InChI is InChI=1S/C15H13F4NO/c16-10-1-3-13(18)9(5-10)7-20-8-15(21)12-6-11(17)2-4-14(12)19/h1-6,15,20-21H,7-8H2. The van der Waals surface area contributed by atoms with Crippen molar-refractivity contribution < 1.29 is 22.7 Å². The number of hydrogen-bond donors (Lipinski definition) is 2. The number of aliphatic hydroxyl groups is 1. The average Bonchev–Trinajstić information content (AvgIpc) is 2.45. The lowest BCUT2D eigenvalue weighted by molar-refractivity contribution is 0.169. The molecule has 6 heteroatoms. The van der Waals surface area contributed by atoms with Crippen LogP contribution in [-0.2, 0) is 6.54 Å². The van der Waals surface area contributed by atoms with Crippen LogP contribution in [0.25, 0.3) is 0 Å². The van der Waals surface area contributed by atoms with E-state index in [2.05, 4.69) is 5.32 Å². The molecule has 0 bridgehead atoms. The molecule has 2 N–H and O–H groups in total. The highest BCUT2D eigenvalue weighted by Crippen LogP contribution is 2.18. The minimum Gasteiger partial charge on any atom is -0.387 e. The van der Waals surface area contributed by atoms with Gasteiger partial charge in [0.05, 0.1) is 6.10 Å². The second-order valence-electron chi connectivity index (χ2n) is 4.55. The second kappa shape index (κ2) is 6.69. The van der Waals surface area contributed by atoms with E-state index in [0.717, 1.165) is 36.4 Å². The van der Waals surface area contributed by atoms with E-state index in [1.165, 1.54) is 0 Å². The van der Waals surface area contributed by atoms with Crippen LogP contribution < -0.4 is 5.32 Å². The molecule has 0 aromatic heterocycles. The van der Waals surface area contributed by atoms with E-state index in [9.17, 15) is 22.7 Å². The molecule has 2 aromatic carbocycles. The van der Waals surface area contributed by atoms with Gasteiger partial charge < -0.3 is 10.4 Å². The molecule has 2 nitrogen and oxygen atoms in total. The number of hydrogen-bond acceptors (Lipinski definition) is 2. The highest BCUT2D eigenvalue weighted by atomic mass is 19.1. The van der Waals surface area contributed by atoms with E-state index in [0.29, 0.717) is 0 Å². The Labute approximate surface area is 119 Å². The predicted octanol–water partition coefficient (Wildman–Crippen LogP) is 3.07. The molecule has 1 atom stereocenters. The molecule has 1 unspecified atom stereocenters. The summed E-state index contributed by atoms with van der Waals surface area (Å²) in [7, 11) is 0. The minimum atomic E-state index is -1.29. The molecule has 2 aromatic rings. The van der Waals surface area contributed by atoms with E-state index >= 15 is 0 Å². The Morgan fingerprint density at radius 3 is 2.24 bits per heavy atom. The maximum atomic E-state index is 13.4. The fourth-order valence-corrected chi connectivity index (χ4v) is 1.90. The van der Waals surface area contributed by atoms with E-state index in [4.69, 9.17) is 0 Å². The largest absolute Gasteiger partial charge is 0.387 e. The summed E-state index contributed by atoms with van der Waals surface area (Å²) in [6.07, 6.45) is -1.29. The fourth-order valence-electron chi connectivity index (χ4n) is 1.90. The fraction of sp³-hybridized carbons (Fsp3) is 0.200. The zero-order chi connectivity index (χ0) is 15.4. The van der Waals surface area contributed by atoms with Crippen LogP contribution in [0.15, 0.2) is 36.4 Å². The molecule has 0 spiro atoms. The Bertz CT molecular complexity index is 633. The molecular weight excluding hydrogens is 286 g/mol. The summed E-state index contributed by atoms with van der Waals surface area (Å²) in [5.41, 5.74) is -0.107. The van der Waals surface area contributed by atoms with Crippen LogP contribution in [0.4, 0.5) is 17.6 Å². The van der Waals surface area contributed by atoms with Crippen molar-refractivity contribution in [3.05, 3.63) is 70.8 Å². The summed E-state index contributed by atoms with van der Waals surface area (Å²) in [5, 5.41) is 12.5. The molecule has 0 aliphatic rings. The van der Waals surface area contributed by atoms with Gasteiger partial charge in [-0.25, -0.2) is 17.6 Å². The van der Waals surface area contributed by atoms with E-state index in [-0.39, 0.29) is 24.2 Å². The van der Waals surface area contributed by atoms with Gasteiger partial charge in [0.2, 0.25) is 0 Å².